The van der Waals surface area contributed by atoms with Gasteiger partial charge in [0.2, 0.25) is 0 Å². The highest BCUT2D eigenvalue weighted by Crippen LogP contribution is 2.05. The minimum Gasteiger partial charge on any atom is -0.456 e. The SMILES string of the molecule is CCOC(=O)C#Cc1csc(C=O)n1. The first-order valence-corrected chi connectivity index (χ1v) is 4.73. The van der Waals surface area contributed by atoms with Gasteiger partial charge in [-0.2, -0.15) is 0 Å². The minimum absolute atomic E-state index is 0.296. The van der Waals surface area contributed by atoms with Crippen molar-refractivity contribution in [2.24, 2.45) is 0 Å². The third-order valence-electron chi connectivity index (χ3n) is 1.19. The lowest BCUT2D eigenvalue weighted by Gasteiger charge is -1.89. The lowest BCUT2D eigenvalue weighted by molar-refractivity contribution is -0.136. The molecular weight excluding hydrogens is 202 g/mol. The van der Waals surface area contributed by atoms with E-state index >= 15 is 0 Å². The van der Waals surface area contributed by atoms with Gasteiger partial charge in [-0.1, -0.05) is 0 Å². The molecule has 0 amide bonds. The molecule has 5 heteroatoms. The standard InChI is InChI=1S/C9H7NO3S/c1-2-13-9(12)4-3-7-6-14-8(5-11)10-7/h5-6H,2H2,1H3. The van der Waals surface area contributed by atoms with Crippen molar-refractivity contribution in [2.75, 3.05) is 6.61 Å². The minimum atomic E-state index is -0.590. The molecule has 0 aliphatic rings. The summed E-state index contributed by atoms with van der Waals surface area (Å²) >= 11 is 1.18. The fourth-order valence-corrected chi connectivity index (χ4v) is 1.23. The van der Waals surface area contributed by atoms with Crippen molar-refractivity contribution in [2.45, 2.75) is 6.92 Å². The molecule has 0 radical (unpaired) electrons. The van der Waals surface area contributed by atoms with Crippen LogP contribution in [-0.4, -0.2) is 23.8 Å². The molecular formula is C9H7NO3S. The molecule has 0 aliphatic heterocycles. The third-order valence-corrected chi connectivity index (χ3v) is 1.96. The number of hydrogen-bond acceptors (Lipinski definition) is 5. The average Bonchev–Trinajstić information content (AvgIpc) is 2.63. The molecule has 1 aromatic rings. The number of carbonyl (C=O) groups excluding carboxylic acids is 2. The Kier molecular flexibility index (Phi) is 3.83. The second-order valence-electron chi connectivity index (χ2n) is 2.16. The molecule has 0 aliphatic carbocycles. The molecule has 0 fully saturated rings. The van der Waals surface area contributed by atoms with Gasteiger partial charge in [-0.3, -0.25) is 4.79 Å². The van der Waals surface area contributed by atoms with Crippen molar-refractivity contribution in [1.82, 2.24) is 4.98 Å². The highest BCUT2D eigenvalue weighted by Gasteiger charge is 1.97. The van der Waals surface area contributed by atoms with Crippen LogP contribution in [-0.2, 0) is 9.53 Å². The molecule has 0 bridgehead atoms. The summed E-state index contributed by atoms with van der Waals surface area (Å²) in [6.45, 7) is 2.00. The number of aldehydes is 1. The number of esters is 1. The largest absolute Gasteiger partial charge is 0.456 e. The highest BCUT2D eigenvalue weighted by atomic mass is 32.1. The van der Waals surface area contributed by atoms with E-state index in [1.165, 1.54) is 11.3 Å². The van der Waals surface area contributed by atoms with Gasteiger partial charge in [-0.25, -0.2) is 9.78 Å². The van der Waals surface area contributed by atoms with Crippen LogP contribution in [0.25, 0.3) is 0 Å². The lowest BCUT2D eigenvalue weighted by atomic mass is 10.5. The summed E-state index contributed by atoms with van der Waals surface area (Å²) < 4.78 is 4.59. The maximum Gasteiger partial charge on any atom is 0.384 e. The van der Waals surface area contributed by atoms with Crippen LogP contribution in [0.5, 0.6) is 0 Å². The highest BCUT2D eigenvalue weighted by molar-refractivity contribution is 7.11. The van der Waals surface area contributed by atoms with E-state index < -0.39 is 5.97 Å². The van der Waals surface area contributed by atoms with Crippen molar-refractivity contribution >= 4 is 23.6 Å². The van der Waals surface area contributed by atoms with Crippen LogP contribution >= 0.6 is 11.3 Å². The molecule has 1 heterocycles. The van der Waals surface area contributed by atoms with E-state index in [9.17, 15) is 9.59 Å². The van der Waals surface area contributed by atoms with Crippen molar-refractivity contribution in [3.05, 3.63) is 16.1 Å². The molecule has 0 saturated carbocycles. The lowest BCUT2D eigenvalue weighted by Crippen LogP contribution is -1.99. The van der Waals surface area contributed by atoms with Gasteiger partial charge in [0.15, 0.2) is 11.3 Å². The van der Waals surface area contributed by atoms with E-state index in [4.69, 9.17) is 0 Å². The Hall–Kier alpha value is -1.67. The number of carbonyl (C=O) groups is 2. The number of thiazole rings is 1. The number of rotatable bonds is 2. The number of ether oxygens (including phenoxy) is 1. The Balaban J connectivity index is 2.67. The Morgan fingerprint density at radius 1 is 1.79 bits per heavy atom. The maximum atomic E-state index is 10.8. The van der Waals surface area contributed by atoms with Gasteiger partial charge in [0.05, 0.1) is 6.61 Å². The molecule has 0 atom stereocenters. The monoisotopic (exact) mass is 209 g/mol. The Labute approximate surface area is 84.9 Å². The predicted octanol–water partition coefficient (Wildman–Crippen LogP) is 0.870. The maximum absolute atomic E-state index is 10.8. The molecule has 0 N–H and O–H groups in total. The molecule has 72 valence electrons. The third kappa shape index (κ3) is 2.99. The molecule has 1 aromatic heterocycles. The van der Waals surface area contributed by atoms with Gasteiger partial charge in [-0.05, 0) is 12.8 Å². The summed E-state index contributed by atoms with van der Waals surface area (Å²) in [5, 5.41) is 1.95. The molecule has 1 rings (SSSR count). The zero-order chi connectivity index (χ0) is 10.4. The van der Waals surface area contributed by atoms with Gasteiger partial charge >= 0.3 is 5.97 Å². The second-order valence-corrected chi connectivity index (χ2v) is 3.05. The zero-order valence-electron chi connectivity index (χ0n) is 7.44. The summed E-state index contributed by atoms with van der Waals surface area (Å²) in [6, 6.07) is 0. The van der Waals surface area contributed by atoms with Crippen molar-refractivity contribution in [1.29, 1.82) is 0 Å². The molecule has 0 spiro atoms. The smallest absolute Gasteiger partial charge is 0.384 e. The Morgan fingerprint density at radius 3 is 3.14 bits per heavy atom. The van der Waals surface area contributed by atoms with Gasteiger partial charge < -0.3 is 4.74 Å². The molecule has 0 unspecified atom stereocenters. The van der Waals surface area contributed by atoms with E-state index in [1.54, 1.807) is 12.3 Å². The molecule has 0 saturated heterocycles. The van der Waals surface area contributed by atoms with Crippen LogP contribution in [0.4, 0.5) is 0 Å². The van der Waals surface area contributed by atoms with Gasteiger partial charge in [-0.15, -0.1) is 11.3 Å². The van der Waals surface area contributed by atoms with E-state index in [0.717, 1.165) is 0 Å². The summed E-state index contributed by atoms with van der Waals surface area (Å²) in [7, 11) is 0. The summed E-state index contributed by atoms with van der Waals surface area (Å²) in [5.41, 5.74) is 0.408. The van der Waals surface area contributed by atoms with Gasteiger partial charge in [0.1, 0.15) is 5.69 Å². The van der Waals surface area contributed by atoms with E-state index in [2.05, 4.69) is 21.6 Å². The van der Waals surface area contributed by atoms with Crippen molar-refractivity contribution < 1.29 is 14.3 Å². The van der Waals surface area contributed by atoms with E-state index in [1.807, 2.05) is 0 Å². The van der Waals surface area contributed by atoms with Crippen molar-refractivity contribution in [3.8, 4) is 11.8 Å². The van der Waals surface area contributed by atoms with Crippen LogP contribution in [0.3, 0.4) is 0 Å². The van der Waals surface area contributed by atoms with Gasteiger partial charge in [0.25, 0.3) is 0 Å². The predicted molar refractivity (Wildman–Crippen MR) is 51.0 cm³/mol. The first-order chi connectivity index (χ1) is 6.76. The number of nitrogens with zero attached hydrogens (tertiary/aromatic N) is 1. The average molecular weight is 209 g/mol. The summed E-state index contributed by atoms with van der Waals surface area (Å²) in [4.78, 5) is 24.9. The first kappa shape index (κ1) is 10.4. The molecule has 0 aromatic carbocycles. The first-order valence-electron chi connectivity index (χ1n) is 3.85. The Morgan fingerprint density at radius 2 is 2.57 bits per heavy atom. The fraction of sp³-hybridized carbons (Fsp3) is 0.222. The van der Waals surface area contributed by atoms with Crippen LogP contribution in [0.2, 0.25) is 0 Å². The van der Waals surface area contributed by atoms with E-state index in [0.29, 0.717) is 23.6 Å². The summed E-state index contributed by atoms with van der Waals surface area (Å²) in [5.74, 6) is 4.16. The van der Waals surface area contributed by atoms with Crippen LogP contribution in [0, 0.1) is 11.8 Å². The summed E-state index contributed by atoms with van der Waals surface area (Å²) in [6.07, 6.45) is 0.639. The number of aromatic nitrogens is 1. The zero-order valence-corrected chi connectivity index (χ0v) is 8.26. The van der Waals surface area contributed by atoms with Crippen LogP contribution < -0.4 is 0 Å². The number of hydrogen-bond donors (Lipinski definition) is 0. The second kappa shape index (κ2) is 5.14. The van der Waals surface area contributed by atoms with Crippen LogP contribution in [0.15, 0.2) is 5.38 Å². The Bertz CT molecular complexity index is 400. The normalized spacial score (nSPS) is 8.64. The van der Waals surface area contributed by atoms with E-state index in [-0.39, 0.29) is 0 Å². The fourth-order valence-electron chi connectivity index (χ4n) is 0.681. The molecule has 14 heavy (non-hydrogen) atoms. The topological polar surface area (TPSA) is 56.3 Å². The van der Waals surface area contributed by atoms with Gasteiger partial charge in [0, 0.05) is 11.3 Å². The van der Waals surface area contributed by atoms with Crippen molar-refractivity contribution in [3.63, 3.8) is 0 Å². The quantitative estimate of drug-likeness (QED) is 0.412. The molecule has 4 nitrogen and oxygen atoms in total. The van der Waals surface area contributed by atoms with Crippen LogP contribution in [0.1, 0.15) is 22.4 Å².